The largest absolute Gasteiger partial charge is 0.480 e. The van der Waals surface area contributed by atoms with Gasteiger partial charge in [0.15, 0.2) is 0 Å². The van der Waals surface area contributed by atoms with Crippen LogP contribution in [0.3, 0.4) is 0 Å². The average molecular weight is 271 g/mol. The monoisotopic (exact) mass is 270 g/mol. The Morgan fingerprint density at radius 3 is 2.83 bits per heavy atom. The lowest BCUT2D eigenvalue weighted by atomic mass is 10.2. The molecule has 1 saturated heterocycles. The van der Waals surface area contributed by atoms with E-state index in [1.54, 1.807) is 0 Å². The van der Waals surface area contributed by atoms with Gasteiger partial charge < -0.3 is 15.1 Å². The van der Waals surface area contributed by atoms with Crippen molar-refractivity contribution in [2.24, 2.45) is 0 Å². The van der Waals surface area contributed by atoms with Gasteiger partial charge in [-0.15, -0.1) is 0 Å². The standard InChI is InChI=1S/C11H11ClN2O4/c12-8-1-2-13-4-7(8)10(16)14-5-6(15)3-9(14)11(17)18/h1-2,4,6,9,15H,3,5H2,(H,17,18)/t6-,9-/m1/s1. The molecule has 0 saturated carbocycles. The quantitative estimate of drug-likeness (QED) is 0.811. The van der Waals surface area contributed by atoms with Crippen LogP contribution in [-0.4, -0.2) is 50.7 Å². The Hall–Kier alpha value is -1.66. The number of aromatic nitrogens is 1. The fraction of sp³-hybridized carbons (Fsp3) is 0.364. The molecule has 0 aromatic carbocycles. The molecule has 2 rings (SSSR count). The van der Waals surface area contributed by atoms with Gasteiger partial charge in [0.05, 0.1) is 16.7 Å². The summed E-state index contributed by atoms with van der Waals surface area (Å²) in [5.41, 5.74) is 0.138. The summed E-state index contributed by atoms with van der Waals surface area (Å²) in [5, 5.41) is 18.7. The summed E-state index contributed by atoms with van der Waals surface area (Å²) in [4.78, 5) is 28.1. The van der Waals surface area contributed by atoms with Crippen molar-refractivity contribution in [3.05, 3.63) is 29.0 Å². The van der Waals surface area contributed by atoms with Crippen LogP contribution < -0.4 is 0 Å². The minimum absolute atomic E-state index is 0.0129. The maximum atomic E-state index is 12.2. The number of pyridine rings is 1. The number of halogens is 1. The SMILES string of the molecule is O=C(O)[C@H]1C[C@@H](O)CN1C(=O)c1cnccc1Cl. The van der Waals surface area contributed by atoms with Crippen LogP contribution in [0.25, 0.3) is 0 Å². The van der Waals surface area contributed by atoms with Gasteiger partial charge in [0.1, 0.15) is 6.04 Å². The van der Waals surface area contributed by atoms with Gasteiger partial charge in [-0.1, -0.05) is 11.6 Å². The van der Waals surface area contributed by atoms with Crippen molar-refractivity contribution in [3.63, 3.8) is 0 Å². The van der Waals surface area contributed by atoms with E-state index in [-0.39, 0.29) is 23.6 Å². The molecule has 2 heterocycles. The van der Waals surface area contributed by atoms with Crippen molar-refractivity contribution in [3.8, 4) is 0 Å². The van der Waals surface area contributed by atoms with Crippen LogP contribution >= 0.6 is 11.6 Å². The number of hydrogen-bond acceptors (Lipinski definition) is 4. The highest BCUT2D eigenvalue weighted by Crippen LogP contribution is 2.23. The maximum Gasteiger partial charge on any atom is 0.326 e. The topological polar surface area (TPSA) is 90.7 Å². The Morgan fingerprint density at radius 1 is 1.50 bits per heavy atom. The number of aliphatic hydroxyl groups is 1. The molecule has 0 bridgehead atoms. The van der Waals surface area contributed by atoms with E-state index in [9.17, 15) is 14.7 Å². The number of amides is 1. The first-order valence-corrected chi connectivity index (χ1v) is 5.70. The van der Waals surface area contributed by atoms with Crippen LogP contribution in [-0.2, 0) is 4.79 Å². The molecular weight excluding hydrogens is 260 g/mol. The highest BCUT2D eigenvalue weighted by Gasteiger charge is 2.39. The molecule has 18 heavy (non-hydrogen) atoms. The van der Waals surface area contributed by atoms with E-state index < -0.39 is 24.0 Å². The Balaban J connectivity index is 2.28. The summed E-state index contributed by atoms with van der Waals surface area (Å²) in [5.74, 6) is -1.67. The molecule has 0 unspecified atom stereocenters. The van der Waals surface area contributed by atoms with Gasteiger partial charge >= 0.3 is 5.97 Å². The molecule has 1 aromatic rings. The minimum atomic E-state index is -1.14. The Kier molecular flexibility index (Phi) is 3.49. The Morgan fingerprint density at radius 2 is 2.22 bits per heavy atom. The molecule has 0 aliphatic carbocycles. The van der Waals surface area contributed by atoms with Crippen LogP contribution in [0.15, 0.2) is 18.5 Å². The lowest BCUT2D eigenvalue weighted by Crippen LogP contribution is -2.40. The smallest absolute Gasteiger partial charge is 0.326 e. The van der Waals surface area contributed by atoms with Crippen molar-refractivity contribution in [1.29, 1.82) is 0 Å². The van der Waals surface area contributed by atoms with E-state index in [2.05, 4.69) is 4.98 Å². The second-order valence-corrected chi connectivity index (χ2v) is 4.46. The van der Waals surface area contributed by atoms with Crippen molar-refractivity contribution in [1.82, 2.24) is 9.88 Å². The van der Waals surface area contributed by atoms with Crippen molar-refractivity contribution in [2.45, 2.75) is 18.6 Å². The number of carboxylic acid groups (broad SMARTS) is 1. The van der Waals surface area contributed by atoms with Gasteiger partial charge in [-0.05, 0) is 6.07 Å². The first kappa shape index (κ1) is 12.8. The van der Waals surface area contributed by atoms with Gasteiger partial charge in [-0.3, -0.25) is 9.78 Å². The molecule has 2 N–H and O–H groups in total. The predicted octanol–water partition coefficient (Wildman–Crippen LogP) is 0.395. The fourth-order valence-electron chi connectivity index (χ4n) is 1.96. The van der Waals surface area contributed by atoms with E-state index in [4.69, 9.17) is 16.7 Å². The number of aliphatic carboxylic acids is 1. The highest BCUT2D eigenvalue weighted by molar-refractivity contribution is 6.33. The van der Waals surface area contributed by atoms with Crippen molar-refractivity contribution < 1.29 is 19.8 Å². The van der Waals surface area contributed by atoms with Crippen molar-refractivity contribution in [2.75, 3.05) is 6.54 Å². The molecule has 1 aromatic heterocycles. The Labute approximate surface area is 108 Å². The number of carboxylic acids is 1. The van der Waals surface area contributed by atoms with E-state index in [0.717, 1.165) is 4.90 Å². The molecule has 2 atom stereocenters. The minimum Gasteiger partial charge on any atom is -0.480 e. The summed E-state index contributed by atoms with van der Waals surface area (Å²) in [6.45, 7) is -0.0129. The first-order chi connectivity index (χ1) is 8.50. The summed E-state index contributed by atoms with van der Waals surface area (Å²) in [6.07, 6.45) is 1.92. The molecular formula is C11H11ClN2O4. The number of hydrogen-bond donors (Lipinski definition) is 2. The van der Waals surface area contributed by atoms with Gasteiger partial charge in [0, 0.05) is 25.4 Å². The predicted molar refractivity (Wildman–Crippen MR) is 62.3 cm³/mol. The second kappa shape index (κ2) is 4.91. The van der Waals surface area contributed by atoms with E-state index >= 15 is 0 Å². The molecule has 7 heteroatoms. The van der Waals surface area contributed by atoms with Crippen molar-refractivity contribution >= 4 is 23.5 Å². The number of nitrogens with zero attached hydrogens (tertiary/aromatic N) is 2. The number of carbonyl (C=O) groups is 2. The second-order valence-electron chi connectivity index (χ2n) is 4.06. The maximum absolute atomic E-state index is 12.2. The number of aliphatic hydroxyl groups excluding tert-OH is 1. The summed E-state index contributed by atoms with van der Waals surface area (Å²) in [6, 6.07) is 0.431. The van der Waals surface area contributed by atoms with Gasteiger partial charge in [-0.25, -0.2) is 4.79 Å². The molecule has 1 aliphatic heterocycles. The lowest BCUT2D eigenvalue weighted by molar-refractivity contribution is -0.141. The Bertz CT molecular complexity index is 494. The van der Waals surface area contributed by atoms with Crippen LogP contribution in [0.4, 0.5) is 0 Å². The first-order valence-electron chi connectivity index (χ1n) is 5.32. The zero-order chi connectivity index (χ0) is 13.3. The van der Waals surface area contributed by atoms with Crippen LogP contribution in [0, 0.1) is 0 Å². The summed E-state index contributed by atoms with van der Waals surface area (Å²) >= 11 is 5.86. The number of carbonyl (C=O) groups excluding carboxylic acids is 1. The van der Waals surface area contributed by atoms with Gasteiger partial charge in [0.25, 0.3) is 5.91 Å². The molecule has 0 radical (unpaired) electrons. The number of rotatable bonds is 2. The number of likely N-dealkylation sites (tertiary alicyclic amines) is 1. The van der Waals surface area contributed by atoms with E-state index in [1.165, 1.54) is 18.5 Å². The molecule has 0 spiro atoms. The summed E-state index contributed by atoms with van der Waals surface area (Å²) in [7, 11) is 0. The molecule has 96 valence electrons. The molecule has 6 nitrogen and oxygen atoms in total. The average Bonchev–Trinajstić information content (AvgIpc) is 2.71. The van der Waals surface area contributed by atoms with Crippen LogP contribution in [0.5, 0.6) is 0 Å². The van der Waals surface area contributed by atoms with E-state index in [1.807, 2.05) is 0 Å². The third-order valence-electron chi connectivity index (χ3n) is 2.82. The van der Waals surface area contributed by atoms with E-state index in [0.29, 0.717) is 0 Å². The molecule has 1 amide bonds. The van der Waals surface area contributed by atoms with Gasteiger partial charge in [0.2, 0.25) is 0 Å². The zero-order valence-electron chi connectivity index (χ0n) is 9.28. The van der Waals surface area contributed by atoms with Crippen LogP contribution in [0.2, 0.25) is 5.02 Å². The lowest BCUT2D eigenvalue weighted by Gasteiger charge is -2.21. The zero-order valence-corrected chi connectivity index (χ0v) is 10.0. The van der Waals surface area contributed by atoms with Gasteiger partial charge in [-0.2, -0.15) is 0 Å². The molecule has 1 aliphatic rings. The fourth-order valence-corrected chi connectivity index (χ4v) is 2.15. The highest BCUT2D eigenvalue weighted by atomic mass is 35.5. The third-order valence-corrected chi connectivity index (χ3v) is 3.15. The normalized spacial score (nSPS) is 23.1. The molecule has 1 fully saturated rings. The van der Waals surface area contributed by atoms with Crippen LogP contribution in [0.1, 0.15) is 16.8 Å². The summed E-state index contributed by atoms with van der Waals surface area (Å²) < 4.78 is 0. The number of β-amino-alcohol motifs (C(OH)–C–C–N with tert-alkyl or cyclic N) is 1. The third kappa shape index (κ3) is 2.30.